The summed E-state index contributed by atoms with van der Waals surface area (Å²) < 4.78 is 52.9. The number of hydrogen-bond donors (Lipinski definition) is 4. The number of nitrogens with zero attached hydrogens (tertiary/aromatic N) is 10. The number of alkyl halides is 3. The number of pyridine rings is 4. The zero-order valence-corrected chi connectivity index (χ0v) is 35.4. The number of aromatic nitrogens is 12. The number of hydrogen-bond acceptors (Lipinski definition) is 12. The molecule has 0 aliphatic rings. The first kappa shape index (κ1) is 41.6. The molecule has 0 saturated carbocycles. The van der Waals surface area contributed by atoms with Crippen LogP contribution in [0, 0.1) is 13.8 Å². The molecule has 10 aromatic rings. The van der Waals surface area contributed by atoms with Crippen LogP contribution in [0.3, 0.4) is 0 Å². The van der Waals surface area contributed by atoms with Gasteiger partial charge >= 0.3 is 6.36 Å². The van der Waals surface area contributed by atoms with Crippen LogP contribution in [0.25, 0.3) is 56.6 Å². The second kappa shape index (κ2) is 17.6. The van der Waals surface area contributed by atoms with Crippen molar-refractivity contribution in [2.45, 2.75) is 46.5 Å². The van der Waals surface area contributed by atoms with E-state index >= 15 is 0 Å². The fourth-order valence-electron chi connectivity index (χ4n) is 7.42. The van der Waals surface area contributed by atoms with Gasteiger partial charge in [0, 0.05) is 40.6 Å². The lowest BCUT2D eigenvalue weighted by molar-refractivity contribution is -0.274. The normalized spacial score (nSPS) is 11.7. The summed E-state index contributed by atoms with van der Waals surface area (Å²) in [7, 11) is 0. The maximum absolute atomic E-state index is 13.1. The fraction of sp³-hybridized carbons (Fsp3) is 0.149. The van der Waals surface area contributed by atoms with Crippen LogP contribution in [0.2, 0.25) is 0 Å². The second-order valence-electron chi connectivity index (χ2n) is 15.3. The van der Waals surface area contributed by atoms with Gasteiger partial charge in [0.25, 0.3) is 0 Å². The third-order valence-electron chi connectivity index (χ3n) is 10.5. The quantitative estimate of drug-likeness (QED) is 0.0766. The molecule has 0 unspecified atom stereocenters. The molecule has 0 amide bonds. The van der Waals surface area contributed by atoms with Crippen molar-refractivity contribution < 1.29 is 22.6 Å². The van der Waals surface area contributed by atoms with Crippen LogP contribution in [-0.2, 0) is 31.0 Å². The molecule has 4 N–H and O–H groups in total. The van der Waals surface area contributed by atoms with Gasteiger partial charge in [-0.2, -0.15) is 5.10 Å². The number of para-hydroxylation sites is 2. The first-order valence-electron chi connectivity index (χ1n) is 20.8. The Morgan fingerprint density at radius 3 is 1.92 bits per heavy atom. The van der Waals surface area contributed by atoms with Crippen molar-refractivity contribution in [1.82, 2.24) is 59.1 Å². The number of H-pyrrole nitrogens is 2. The maximum atomic E-state index is 13.1. The summed E-state index contributed by atoms with van der Waals surface area (Å²) >= 11 is 0. The van der Waals surface area contributed by atoms with Gasteiger partial charge in [0.2, 0.25) is 0 Å². The van der Waals surface area contributed by atoms with Crippen LogP contribution in [0.1, 0.15) is 34.4 Å². The van der Waals surface area contributed by atoms with Gasteiger partial charge in [0.1, 0.15) is 24.6 Å². The molecule has 330 valence electrons. The van der Waals surface area contributed by atoms with E-state index in [9.17, 15) is 13.2 Å². The Kier molecular flexibility index (Phi) is 11.1. The highest BCUT2D eigenvalue weighted by Gasteiger charge is 2.32. The van der Waals surface area contributed by atoms with Crippen LogP contribution >= 0.6 is 0 Å². The van der Waals surface area contributed by atoms with Crippen molar-refractivity contribution >= 4 is 22.7 Å². The molecule has 0 saturated heterocycles. The monoisotopic (exact) mass is 888 g/mol. The lowest BCUT2D eigenvalue weighted by atomic mass is 10.1. The molecule has 8 heterocycles. The van der Waals surface area contributed by atoms with E-state index < -0.39 is 6.36 Å². The summed E-state index contributed by atoms with van der Waals surface area (Å²) in [5.74, 6) is 1.37. The van der Waals surface area contributed by atoms with Gasteiger partial charge in [-0.25, -0.2) is 29.0 Å². The topological polar surface area (TPSA) is 186 Å². The van der Waals surface area contributed by atoms with Gasteiger partial charge in [0.15, 0.2) is 22.9 Å². The molecule has 0 radical (unpaired) electrons. The SMILES string of the molecule is Cc1cccc(-c2[nH]c(CNc3ccc(COCc4nc5ccc(-c6nc(CNc7ccccc7OC(F)(F)F)[nH]c6-c6cccc(C)n6)cn5n4)cc3)nc2-c2ccc3ncnn3c2)n1. The molecule has 0 bridgehead atoms. The summed E-state index contributed by atoms with van der Waals surface area (Å²) in [5.41, 5.74) is 11.0. The zero-order valence-electron chi connectivity index (χ0n) is 35.4. The summed E-state index contributed by atoms with van der Waals surface area (Å²) in [6.07, 6.45) is 0.411. The number of aryl methyl sites for hydroxylation is 2. The van der Waals surface area contributed by atoms with Crippen LogP contribution in [0.15, 0.2) is 128 Å². The molecule has 0 aliphatic carbocycles. The van der Waals surface area contributed by atoms with Gasteiger partial charge in [-0.05, 0) is 92.2 Å². The molecule has 8 aromatic heterocycles. The van der Waals surface area contributed by atoms with Crippen LogP contribution in [0.4, 0.5) is 24.5 Å². The van der Waals surface area contributed by atoms with Crippen molar-refractivity contribution in [3.05, 3.63) is 162 Å². The number of anilines is 2. The highest BCUT2D eigenvalue weighted by Crippen LogP contribution is 2.33. The van der Waals surface area contributed by atoms with Crippen molar-refractivity contribution in [2.24, 2.45) is 0 Å². The Labute approximate surface area is 374 Å². The number of rotatable bonds is 15. The molecule has 0 spiro atoms. The standard InChI is InChI=1S/C47H39F3N14O2/c1-28-7-5-10-35(55-28)45-43(31-15-19-41-53-27-54-63(41)23-31)58-38(60-45)21-51-33-17-13-30(14-18-33)25-65-26-40-57-42-20-16-32(24-64(42)62-40)44-46(36-11-6-8-29(2)56-36)61-39(59-44)22-52-34-9-3-4-12-37(34)66-47(48,49)50/h3-20,23-24,27,51-52H,21-22,25-26H2,1-2H3,(H,58,60)(H,59,61). The minimum atomic E-state index is -4.84. The minimum Gasteiger partial charge on any atom is -0.404 e. The summed E-state index contributed by atoms with van der Waals surface area (Å²) in [6.45, 7) is 4.89. The number of benzene rings is 2. The van der Waals surface area contributed by atoms with E-state index in [2.05, 4.69) is 45.5 Å². The molecule has 10 rings (SSSR count). The van der Waals surface area contributed by atoms with Gasteiger partial charge in [-0.1, -0.05) is 36.4 Å². The van der Waals surface area contributed by atoms with Crippen LogP contribution in [-0.4, -0.2) is 65.5 Å². The first-order valence-corrected chi connectivity index (χ1v) is 20.8. The minimum absolute atomic E-state index is 0.0766. The smallest absolute Gasteiger partial charge is 0.404 e. The summed E-state index contributed by atoms with van der Waals surface area (Å²) in [5, 5.41) is 15.4. The largest absolute Gasteiger partial charge is 0.573 e. The average molecular weight is 889 g/mol. The molecule has 0 atom stereocenters. The van der Waals surface area contributed by atoms with Crippen LogP contribution < -0.4 is 15.4 Å². The molecule has 0 aliphatic heterocycles. The zero-order chi connectivity index (χ0) is 45.2. The Bertz CT molecular complexity index is 3320. The average Bonchev–Trinajstić information content (AvgIpc) is 4.13. The number of nitrogens with one attached hydrogen (secondary N) is 4. The van der Waals surface area contributed by atoms with Gasteiger partial charge in [-0.15, -0.1) is 18.3 Å². The van der Waals surface area contributed by atoms with Crippen molar-refractivity contribution in [1.29, 1.82) is 0 Å². The number of imidazole rings is 2. The van der Waals surface area contributed by atoms with E-state index in [0.29, 0.717) is 47.5 Å². The molecule has 16 nitrogen and oxygen atoms in total. The van der Waals surface area contributed by atoms with E-state index in [1.807, 2.05) is 111 Å². The molecule has 0 fully saturated rings. The number of halogens is 3. The predicted molar refractivity (Wildman–Crippen MR) is 240 cm³/mol. The highest BCUT2D eigenvalue weighted by atomic mass is 19.4. The fourth-order valence-corrected chi connectivity index (χ4v) is 7.42. The number of ether oxygens (including phenoxy) is 2. The second-order valence-corrected chi connectivity index (χ2v) is 15.3. The van der Waals surface area contributed by atoms with Crippen molar-refractivity contribution in [3.8, 4) is 51.0 Å². The lowest BCUT2D eigenvalue weighted by Gasteiger charge is -2.13. The third-order valence-corrected chi connectivity index (χ3v) is 10.5. The van der Waals surface area contributed by atoms with E-state index in [4.69, 9.17) is 24.7 Å². The summed E-state index contributed by atoms with van der Waals surface area (Å²) in [4.78, 5) is 35.0. The first-order chi connectivity index (χ1) is 32.1. The molecule has 2 aromatic carbocycles. The Morgan fingerprint density at radius 1 is 0.621 bits per heavy atom. The number of fused-ring (bicyclic) bond motifs is 2. The van der Waals surface area contributed by atoms with Gasteiger partial charge < -0.3 is 30.1 Å². The Balaban J connectivity index is 0.794. The van der Waals surface area contributed by atoms with Crippen molar-refractivity contribution in [2.75, 3.05) is 10.6 Å². The maximum Gasteiger partial charge on any atom is 0.573 e. The van der Waals surface area contributed by atoms with E-state index in [1.165, 1.54) is 24.5 Å². The predicted octanol–water partition coefficient (Wildman–Crippen LogP) is 9.13. The molecule has 66 heavy (non-hydrogen) atoms. The number of aromatic amines is 2. The van der Waals surface area contributed by atoms with E-state index in [1.54, 1.807) is 15.1 Å². The van der Waals surface area contributed by atoms with Gasteiger partial charge in [0.05, 0.1) is 59.5 Å². The summed E-state index contributed by atoms with van der Waals surface area (Å²) in [6, 6.07) is 33.0. The molecular formula is C47H39F3N14O2. The van der Waals surface area contributed by atoms with Crippen molar-refractivity contribution in [3.63, 3.8) is 0 Å². The van der Waals surface area contributed by atoms with Crippen LogP contribution in [0.5, 0.6) is 5.75 Å². The Morgan fingerprint density at radius 2 is 1.26 bits per heavy atom. The lowest BCUT2D eigenvalue weighted by Crippen LogP contribution is -2.18. The highest BCUT2D eigenvalue weighted by molar-refractivity contribution is 5.78. The third kappa shape index (κ3) is 9.27. The van der Waals surface area contributed by atoms with E-state index in [0.717, 1.165) is 62.3 Å². The van der Waals surface area contributed by atoms with Gasteiger partial charge in [-0.3, -0.25) is 9.97 Å². The molecular weight excluding hydrogens is 850 g/mol. The van der Waals surface area contributed by atoms with E-state index in [-0.39, 0.29) is 24.6 Å². The molecule has 19 heteroatoms. The Hall–Kier alpha value is -8.45.